The van der Waals surface area contributed by atoms with Crippen molar-refractivity contribution in [3.63, 3.8) is 0 Å². The maximum atomic E-state index is 9.55. The molecule has 24 heavy (non-hydrogen) atoms. The van der Waals surface area contributed by atoms with Crippen molar-refractivity contribution in [1.82, 2.24) is 10.2 Å². The summed E-state index contributed by atoms with van der Waals surface area (Å²) in [7, 11) is 4.38. The fraction of sp³-hybridized carbons (Fsp3) is 0.444. The molecule has 2 atom stereocenters. The van der Waals surface area contributed by atoms with Crippen LogP contribution in [0.5, 0.6) is 0 Å². The summed E-state index contributed by atoms with van der Waals surface area (Å²) in [6.07, 6.45) is 5.12. The molecule has 6 nitrogen and oxygen atoms in total. The zero-order valence-corrected chi connectivity index (χ0v) is 14.2. The first-order valence-corrected chi connectivity index (χ1v) is 7.98. The van der Waals surface area contributed by atoms with Crippen LogP contribution in [0.15, 0.2) is 42.5 Å². The fourth-order valence-corrected chi connectivity index (χ4v) is 2.78. The molecule has 1 aromatic rings. The smallest absolute Gasteiger partial charge is 0.328 e. The van der Waals surface area contributed by atoms with Crippen molar-refractivity contribution in [2.75, 3.05) is 14.1 Å². The van der Waals surface area contributed by atoms with Crippen molar-refractivity contribution >= 4 is 11.9 Å². The number of aliphatic carboxylic acids is 2. The van der Waals surface area contributed by atoms with Crippen LogP contribution in [0.4, 0.5) is 0 Å². The molecule has 0 aliphatic heterocycles. The van der Waals surface area contributed by atoms with Crippen molar-refractivity contribution in [1.29, 1.82) is 0 Å². The van der Waals surface area contributed by atoms with Gasteiger partial charge in [0.25, 0.3) is 0 Å². The van der Waals surface area contributed by atoms with Crippen molar-refractivity contribution in [3.05, 3.63) is 48.0 Å². The van der Waals surface area contributed by atoms with Gasteiger partial charge in [0.15, 0.2) is 0 Å². The van der Waals surface area contributed by atoms with E-state index in [0.29, 0.717) is 24.2 Å². The molecule has 1 fully saturated rings. The van der Waals surface area contributed by atoms with E-state index in [1.165, 1.54) is 24.8 Å². The minimum atomic E-state index is -1.26. The fourth-order valence-electron chi connectivity index (χ4n) is 2.78. The van der Waals surface area contributed by atoms with Crippen LogP contribution in [0.1, 0.15) is 24.8 Å². The van der Waals surface area contributed by atoms with E-state index >= 15 is 0 Å². The van der Waals surface area contributed by atoms with E-state index in [-0.39, 0.29) is 0 Å². The maximum absolute atomic E-state index is 9.55. The molecule has 1 saturated carbocycles. The Labute approximate surface area is 142 Å². The molecule has 2 rings (SSSR count). The Hall–Kier alpha value is -2.18. The molecule has 0 spiro atoms. The van der Waals surface area contributed by atoms with Gasteiger partial charge in [-0.25, -0.2) is 9.59 Å². The zero-order chi connectivity index (χ0) is 17.9. The molecule has 1 aliphatic rings. The van der Waals surface area contributed by atoms with Gasteiger partial charge in [0, 0.05) is 30.8 Å². The molecule has 0 bridgehead atoms. The van der Waals surface area contributed by atoms with E-state index < -0.39 is 11.9 Å². The van der Waals surface area contributed by atoms with Crippen LogP contribution in [-0.2, 0) is 16.1 Å². The van der Waals surface area contributed by atoms with Crippen LogP contribution in [0.3, 0.4) is 0 Å². The van der Waals surface area contributed by atoms with Gasteiger partial charge in [0.05, 0.1) is 0 Å². The number of rotatable bonds is 6. The monoisotopic (exact) mass is 334 g/mol. The van der Waals surface area contributed by atoms with Gasteiger partial charge in [-0.3, -0.25) is 0 Å². The number of hydrogen-bond acceptors (Lipinski definition) is 4. The first kappa shape index (κ1) is 19.9. The highest BCUT2D eigenvalue weighted by molar-refractivity contribution is 5.89. The molecule has 0 heterocycles. The number of likely N-dealkylation sites (N-methyl/N-ethyl adjacent to an activating group) is 1. The van der Waals surface area contributed by atoms with Crippen LogP contribution < -0.4 is 5.32 Å². The summed E-state index contributed by atoms with van der Waals surface area (Å²) in [6.45, 7) is 0.996. The number of carboxylic acids is 2. The van der Waals surface area contributed by atoms with Crippen molar-refractivity contribution in [2.24, 2.45) is 0 Å². The van der Waals surface area contributed by atoms with Gasteiger partial charge in [0.1, 0.15) is 0 Å². The summed E-state index contributed by atoms with van der Waals surface area (Å²) in [5.74, 6) is -2.51. The van der Waals surface area contributed by atoms with Gasteiger partial charge in [0.2, 0.25) is 0 Å². The summed E-state index contributed by atoms with van der Waals surface area (Å²) in [5.41, 5.74) is 1.38. The van der Waals surface area contributed by atoms with Gasteiger partial charge < -0.3 is 20.4 Å². The van der Waals surface area contributed by atoms with E-state index in [0.717, 1.165) is 6.54 Å². The standard InChI is InChI=1S/C14H22N2.C4H4O4/c1-16(2)14-10-6-9-13(14)15-11-12-7-4-3-5-8-12;5-3(6)1-2-4(7)8/h3-5,7-8,13-15H,6,9-11H2,1-2H3;1-2H,(H,5,6)(H,7,8)/b;2-1-/t13-,14-;/m1./s1. The van der Waals surface area contributed by atoms with Crippen LogP contribution in [0, 0.1) is 0 Å². The second kappa shape index (κ2) is 10.6. The first-order valence-electron chi connectivity index (χ1n) is 7.98. The van der Waals surface area contributed by atoms with Crippen molar-refractivity contribution in [2.45, 2.75) is 37.9 Å². The summed E-state index contributed by atoms with van der Waals surface area (Å²) < 4.78 is 0. The number of hydrogen-bond donors (Lipinski definition) is 3. The van der Waals surface area contributed by atoms with E-state index in [9.17, 15) is 9.59 Å². The van der Waals surface area contributed by atoms with Gasteiger partial charge in [-0.05, 0) is 32.5 Å². The third kappa shape index (κ3) is 7.89. The number of nitrogens with one attached hydrogen (secondary N) is 1. The van der Waals surface area contributed by atoms with E-state index in [1.807, 2.05) is 0 Å². The Morgan fingerprint density at radius 2 is 1.71 bits per heavy atom. The van der Waals surface area contributed by atoms with E-state index in [4.69, 9.17) is 10.2 Å². The van der Waals surface area contributed by atoms with Crippen LogP contribution in [0.2, 0.25) is 0 Å². The Balaban J connectivity index is 0.000000307. The Morgan fingerprint density at radius 1 is 1.12 bits per heavy atom. The molecule has 0 amide bonds. The summed E-state index contributed by atoms with van der Waals surface area (Å²) in [4.78, 5) is 21.5. The lowest BCUT2D eigenvalue weighted by Crippen LogP contribution is -2.43. The quantitative estimate of drug-likeness (QED) is 0.689. The summed E-state index contributed by atoms with van der Waals surface area (Å²) >= 11 is 0. The molecular formula is C18H26N2O4. The van der Waals surface area contributed by atoms with Crippen LogP contribution in [-0.4, -0.2) is 53.2 Å². The number of carboxylic acid groups (broad SMARTS) is 2. The van der Waals surface area contributed by atoms with E-state index in [1.54, 1.807) is 0 Å². The average molecular weight is 334 g/mol. The third-order valence-electron chi connectivity index (χ3n) is 3.92. The predicted octanol–water partition coefficient (Wildman–Crippen LogP) is 1.97. The molecule has 132 valence electrons. The predicted molar refractivity (Wildman–Crippen MR) is 92.8 cm³/mol. The average Bonchev–Trinajstić information content (AvgIpc) is 3.01. The molecule has 0 saturated heterocycles. The summed E-state index contributed by atoms with van der Waals surface area (Å²) in [6, 6.07) is 12.0. The lowest BCUT2D eigenvalue weighted by molar-refractivity contribution is -0.134. The molecule has 0 unspecified atom stereocenters. The van der Waals surface area contributed by atoms with Crippen LogP contribution in [0.25, 0.3) is 0 Å². The molecule has 3 N–H and O–H groups in total. The summed E-state index contributed by atoms with van der Waals surface area (Å²) in [5, 5.41) is 19.3. The third-order valence-corrected chi connectivity index (χ3v) is 3.92. The number of carbonyl (C=O) groups is 2. The molecule has 0 radical (unpaired) electrons. The highest BCUT2D eigenvalue weighted by Crippen LogP contribution is 2.22. The lowest BCUT2D eigenvalue weighted by atomic mass is 10.1. The second-order valence-electron chi connectivity index (χ2n) is 5.94. The molecule has 0 aromatic heterocycles. The van der Waals surface area contributed by atoms with Crippen molar-refractivity contribution < 1.29 is 19.8 Å². The highest BCUT2D eigenvalue weighted by atomic mass is 16.4. The van der Waals surface area contributed by atoms with Gasteiger partial charge in [-0.1, -0.05) is 36.8 Å². The normalized spacial score (nSPS) is 20.0. The Bertz CT molecular complexity index is 527. The molecular weight excluding hydrogens is 308 g/mol. The van der Waals surface area contributed by atoms with Crippen molar-refractivity contribution in [3.8, 4) is 0 Å². The lowest BCUT2D eigenvalue weighted by Gasteiger charge is -2.27. The maximum Gasteiger partial charge on any atom is 0.328 e. The molecule has 6 heteroatoms. The van der Waals surface area contributed by atoms with Gasteiger partial charge in [-0.2, -0.15) is 0 Å². The van der Waals surface area contributed by atoms with E-state index in [2.05, 4.69) is 54.6 Å². The topological polar surface area (TPSA) is 89.9 Å². The molecule has 1 aliphatic carbocycles. The zero-order valence-electron chi connectivity index (χ0n) is 14.2. The second-order valence-corrected chi connectivity index (χ2v) is 5.94. The highest BCUT2D eigenvalue weighted by Gasteiger charge is 2.27. The number of benzene rings is 1. The Morgan fingerprint density at radius 3 is 2.21 bits per heavy atom. The largest absolute Gasteiger partial charge is 0.478 e. The SMILES string of the molecule is CN(C)[C@@H]1CCC[C@H]1NCc1ccccc1.O=C(O)/C=C\C(=O)O. The van der Waals surface area contributed by atoms with Gasteiger partial charge in [-0.15, -0.1) is 0 Å². The Kier molecular flexibility index (Phi) is 8.75. The molecule has 1 aromatic carbocycles. The minimum absolute atomic E-state index is 0.558. The first-order chi connectivity index (χ1) is 11.4. The van der Waals surface area contributed by atoms with Crippen LogP contribution >= 0.6 is 0 Å². The number of nitrogens with zero attached hydrogens (tertiary/aromatic N) is 1. The minimum Gasteiger partial charge on any atom is -0.478 e. The van der Waals surface area contributed by atoms with Gasteiger partial charge >= 0.3 is 11.9 Å².